The summed E-state index contributed by atoms with van der Waals surface area (Å²) in [4.78, 5) is 4.16. The molecular formula is C14H21F3N2O. The predicted molar refractivity (Wildman–Crippen MR) is 71.7 cm³/mol. The number of ether oxygens (including phenoxy) is 1. The summed E-state index contributed by atoms with van der Waals surface area (Å²) in [5, 5.41) is 3.26. The van der Waals surface area contributed by atoms with Crippen LogP contribution in [0.5, 0.6) is 5.75 Å². The van der Waals surface area contributed by atoms with E-state index in [0.717, 1.165) is 5.56 Å². The summed E-state index contributed by atoms with van der Waals surface area (Å²) in [5.41, 5.74) is 1.38. The third-order valence-electron chi connectivity index (χ3n) is 2.53. The van der Waals surface area contributed by atoms with Crippen molar-refractivity contribution in [2.45, 2.75) is 52.4 Å². The normalized spacial score (nSPS) is 12.6. The average molecular weight is 290 g/mol. The number of rotatable bonds is 5. The summed E-state index contributed by atoms with van der Waals surface area (Å²) in [6.45, 7) is 7.93. The smallest absolute Gasteiger partial charge is 0.392 e. The van der Waals surface area contributed by atoms with E-state index < -0.39 is 12.6 Å². The molecule has 1 aromatic rings. The first-order valence-electron chi connectivity index (χ1n) is 6.47. The van der Waals surface area contributed by atoms with E-state index >= 15 is 0 Å². The minimum Gasteiger partial charge on any atom is -0.493 e. The summed E-state index contributed by atoms with van der Waals surface area (Å²) >= 11 is 0. The molecular weight excluding hydrogens is 269 g/mol. The first-order valence-corrected chi connectivity index (χ1v) is 6.47. The van der Waals surface area contributed by atoms with Crippen molar-refractivity contribution in [3.63, 3.8) is 0 Å². The molecule has 0 bridgehead atoms. The van der Waals surface area contributed by atoms with E-state index in [9.17, 15) is 13.2 Å². The van der Waals surface area contributed by atoms with Gasteiger partial charge >= 0.3 is 6.18 Å². The highest BCUT2D eigenvalue weighted by Gasteiger charge is 2.27. The van der Waals surface area contributed by atoms with E-state index in [4.69, 9.17) is 4.74 Å². The summed E-state index contributed by atoms with van der Waals surface area (Å²) in [6, 6.07) is 1.66. The Hall–Kier alpha value is -1.30. The van der Waals surface area contributed by atoms with Gasteiger partial charge in [-0.15, -0.1) is 0 Å². The van der Waals surface area contributed by atoms with Crippen LogP contribution in [0, 0.1) is 6.92 Å². The third kappa shape index (κ3) is 6.75. The van der Waals surface area contributed by atoms with Crippen molar-refractivity contribution in [2.24, 2.45) is 0 Å². The van der Waals surface area contributed by atoms with Gasteiger partial charge in [-0.2, -0.15) is 13.2 Å². The highest BCUT2D eigenvalue weighted by atomic mass is 19.4. The number of aromatic nitrogens is 1. The van der Waals surface area contributed by atoms with Crippen molar-refractivity contribution in [2.75, 3.05) is 6.61 Å². The van der Waals surface area contributed by atoms with E-state index in [-0.39, 0.29) is 12.1 Å². The quantitative estimate of drug-likeness (QED) is 0.899. The van der Waals surface area contributed by atoms with Crippen LogP contribution in [0.2, 0.25) is 0 Å². The molecule has 1 heterocycles. The largest absolute Gasteiger partial charge is 0.493 e. The molecule has 0 atom stereocenters. The molecule has 0 aromatic carbocycles. The number of halogens is 3. The Morgan fingerprint density at radius 1 is 1.25 bits per heavy atom. The first-order chi connectivity index (χ1) is 9.07. The Morgan fingerprint density at radius 2 is 1.90 bits per heavy atom. The van der Waals surface area contributed by atoms with E-state index in [1.807, 2.05) is 20.8 Å². The molecule has 1 aromatic heterocycles. The lowest BCUT2D eigenvalue weighted by Crippen LogP contribution is -2.35. The first kappa shape index (κ1) is 16.8. The van der Waals surface area contributed by atoms with Crippen molar-refractivity contribution in [1.82, 2.24) is 10.3 Å². The highest BCUT2D eigenvalue weighted by Crippen LogP contribution is 2.23. The maximum Gasteiger partial charge on any atom is 0.392 e. The van der Waals surface area contributed by atoms with Gasteiger partial charge in [-0.05, 0) is 27.7 Å². The molecule has 1 N–H and O–H groups in total. The Kier molecular flexibility index (Phi) is 5.39. The molecule has 114 valence electrons. The van der Waals surface area contributed by atoms with E-state index in [1.165, 1.54) is 0 Å². The molecule has 0 aliphatic rings. The number of hydrogen-bond acceptors (Lipinski definition) is 3. The Morgan fingerprint density at radius 3 is 2.45 bits per heavy atom. The molecule has 0 aliphatic heterocycles. The average Bonchev–Trinajstić information content (AvgIpc) is 2.25. The third-order valence-corrected chi connectivity index (χ3v) is 2.53. The summed E-state index contributed by atoms with van der Waals surface area (Å²) < 4.78 is 41.7. The van der Waals surface area contributed by atoms with Gasteiger partial charge in [0.25, 0.3) is 0 Å². The van der Waals surface area contributed by atoms with Crippen LogP contribution in [-0.2, 0) is 6.54 Å². The number of aryl methyl sites for hydroxylation is 1. The molecule has 0 fully saturated rings. The minimum absolute atomic E-state index is 0.0892. The van der Waals surface area contributed by atoms with E-state index in [2.05, 4.69) is 10.3 Å². The molecule has 0 amide bonds. The SMILES string of the molecule is Cc1cc(OCCC(F)(F)F)c(CNC(C)(C)C)cn1. The monoisotopic (exact) mass is 290 g/mol. The van der Waals surface area contributed by atoms with Gasteiger partial charge in [0, 0.05) is 35.6 Å². The second-order valence-corrected chi connectivity index (χ2v) is 5.75. The van der Waals surface area contributed by atoms with Crippen molar-refractivity contribution in [3.05, 3.63) is 23.5 Å². The van der Waals surface area contributed by atoms with Gasteiger partial charge in [-0.3, -0.25) is 4.98 Å². The van der Waals surface area contributed by atoms with Crippen molar-refractivity contribution < 1.29 is 17.9 Å². The summed E-state index contributed by atoms with van der Waals surface area (Å²) in [5.74, 6) is 0.457. The van der Waals surface area contributed by atoms with Gasteiger partial charge in [0.05, 0.1) is 13.0 Å². The zero-order valence-electron chi connectivity index (χ0n) is 12.3. The lowest BCUT2D eigenvalue weighted by atomic mass is 10.1. The van der Waals surface area contributed by atoms with Crippen LogP contribution in [0.4, 0.5) is 13.2 Å². The van der Waals surface area contributed by atoms with E-state index in [0.29, 0.717) is 18.0 Å². The van der Waals surface area contributed by atoms with Crippen LogP contribution < -0.4 is 10.1 Å². The fourth-order valence-electron chi connectivity index (χ4n) is 1.47. The molecule has 1 rings (SSSR count). The fourth-order valence-corrected chi connectivity index (χ4v) is 1.47. The summed E-state index contributed by atoms with van der Waals surface area (Å²) in [7, 11) is 0. The molecule has 0 radical (unpaired) electrons. The Bertz CT molecular complexity index is 439. The van der Waals surface area contributed by atoms with E-state index in [1.54, 1.807) is 19.2 Å². The molecule has 0 aliphatic carbocycles. The zero-order chi connectivity index (χ0) is 15.4. The van der Waals surface area contributed by atoms with Gasteiger partial charge in [-0.25, -0.2) is 0 Å². The molecule has 0 spiro atoms. The van der Waals surface area contributed by atoms with Gasteiger partial charge in [0.2, 0.25) is 0 Å². The minimum atomic E-state index is -4.20. The number of pyridine rings is 1. The van der Waals surface area contributed by atoms with Crippen LogP contribution >= 0.6 is 0 Å². The van der Waals surface area contributed by atoms with Crippen molar-refractivity contribution in [1.29, 1.82) is 0 Å². The summed E-state index contributed by atoms with van der Waals surface area (Å²) in [6.07, 6.45) is -3.52. The van der Waals surface area contributed by atoms with Crippen LogP contribution in [0.25, 0.3) is 0 Å². The second kappa shape index (κ2) is 6.43. The predicted octanol–water partition coefficient (Wildman–Crippen LogP) is 3.61. The van der Waals surface area contributed by atoms with Gasteiger partial charge in [0.15, 0.2) is 0 Å². The lowest BCUT2D eigenvalue weighted by Gasteiger charge is -2.21. The van der Waals surface area contributed by atoms with Crippen molar-refractivity contribution >= 4 is 0 Å². The second-order valence-electron chi connectivity index (χ2n) is 5.75. The maximum atomic E-state index is 12.1. The van der Waals surface area contributed by atoms with Crippen LogP contribution in [0.15, 0.2) is 12.3 Å². The van der Waals surface area contributed by atoms with Crippen LogP contribution in [-0.4, -0.2) is 23.3 Å². The highest BCUT2D eigenvalue weighted by molar-refractivity contribution is 5.32. The van der Waals surface area contributed by atoms with Crippen LogP contribution in [0.3, 0.4) is 0 Å². The van der Waals surface area contributed by atoms with Gasteiger partial charge in [-0.1, -0.05) is 0 Å². The topological polar surface area (TPSA) is 34.1 Å². The number of alkyl halides is 3. The number of hydrogen-bond donors (Lipinski definition) is 1. The molecule has 6 heteroatoms. The van der Waals surface area contributed by atoms with Gasteiger partial charge in [0.1, 0.15) is 5.75 Å². The van der Waals surface area contributed by atoms with Crippen LogP contribution in [0.1, 0.15) is 38.4 Å². The lowest BCUT2D eigenvalue weighted by molar-refractivity contribution is -0.139. The Labute approximate surface area is 117 Å². The van der Waals surface area contributed by atoms with Crippen molar-refractivity contribution in [3.8, 4) is 5.75 Å². The fraction of sp³-hybridized carbons (Fsp3) is 0.643. The molecule has 0 unspecified atom stereocenters. The molecule has 3 nitrogen and oxygen atoms in total. The standard InChI is InChI=1S/C14H21F3N2O/c1-10-7-12(20-6-5-14(15,16)17)11(8-18-10)9-19-13(2,3)4/h7-8,19H,5-6,9H2,1-4H3. The maximum absolute atomic E-state index is 12.1. The molecule has 0 saturated carbocycles. The van der Waals surface area contributed by atoms with Gasteiger partial charge < -0.3 is 10.1 Å². The molecule has 20 heavy (non-hydrogen) atoms. The molecule has 0 saturated heterocycles. The zero-order valence-corrected chi connectivity index (χ0v) is 12.3. The number of nitrogens with one attached hydrogen (secondary N) is 1. The number of nitrogens with zero attached hydrogens (tertiary/aromatic N) is 1. The Balaban J connectivity index is 2.70.